The second kappa shape index (κ2) is 6.78. The zero-order valence-electron chi connectivity index (χ0n) is 12.8. The molecule has 0 amide bonds. The van der Waals surface area contributed by atoms with Crippen molar-refractivity contribution in [3.8, 4) is 0 Å². The van der Waals surface area contributed by atoms with E-state index < -0.39 is 11.7 Å². The van der Waals surface area contributed by atoms with Crippen molar-refractivity contribution >= 4 is 5.82 Å². The van der Waals surface area contributed by atoms with Gasteiger partial charge in [-0.1, -0.05) is 18.2 Å². The molecule has 0 saturated carbocycles. The summed E-state index contributed by atoms with van der Waals surface area (Å²) in [6.07, 6.45) is 2.11. The van der Waals surface area contributed by atoms with Gasteiger partial charge >= 0.3 is 6.18 Å². The number of hydrogen-bond donors (Lipinski definition) is 2. The summed E-state index contributed by atoms with van der Waals surface area (Å²) in [5.74, 6) is 0.688. The Kier molecular flexibility index (Phi) is 4.55. The number of nitrogens with zero attached hydrogens (tertiary/aromatic N) is 1. The lowest BCUT2D eigenvalue weighted by atomic mass is 10.1. The third-order valence-electron chi connectivity index (χ3n) is 3.65. The fourth-order valence-corrected chi connectivity index (χ4v) is 2.34. The summed E-state index contributed by atoms with van der Waals surface area (Å²) in [5, 5.41) is 3.11. The Morgan fingerprint density at radius 2 is 1.67 bits per heavy atom. The minimum atomic E-state index is -4.30. The second-order valence-corrected chi connectivity index (χ2v) is 5.50. The first kappa shape index (κ1) is 16.1. The van der Waals surface area contributed by atoms with Crippen LogP contribution in [-0.2, 0) is 19.1 Å². The minimum absolute atomic E-state index is 0.419. The summed E-state index contributed by atoms with van der Waals surface area (Å²) >= 11 is 0. The Morgan fingerprint density at radius 1 is 0.917 bits per heavy atom. The van der Waals surface area contributed by atoms with Crippen molar-refractivity contribution in [3.63, 3.8) is 0 Å². The van der Waals surface area contributed by atoms with E-state index >= 15 is 0 Å². The second-order valence-electron chi connectivity index (χ2n) is 5.50. The van der Waals surface area contributed by atoms with Gasteiger partial charge in [0, 0.05) is 31.6 Å². The Hall–Kier alpha value is -2.76. The van der Waals surface area contributed by atoms with Gasteiger partial charge < -0.3 is 10.3 Å². The molecule has 0 spiro atoms. The largest absolute Gasteiger partial charge is 0.416 e. The van der Waals surface area contributed by atoms with Crippen molar-refractivity contribution in [1.29, 1.82) is 0 Å². The molecule has 3 nitrogen and oxygen atoms in total. The Bertz CT molecular complexity index is 761. The molecular formula is C18H16F3N3. The highest BCUT2D eigenvalue weighted by Gasteiger charge is 2.29. The van der Waals surface area contributed by atoms with Crippen LogP contribution in [0.3, 0.4) is 0 Å². The fourth-order valence-electron chi connectivity index (χ4n) is 2.34. The zero-order chi connectivity index (χ0) is 17.0. The maximum absolute atomic E-state index is 12.5. The standard InChI is InChI=1S/C18H16F3N3/c19-18(20,21)16-4-1-13(2-5-16)11-23-17-6-3-14(12-24-17)9-15-7-8-22-10-15/h1-8,10,12,22H,9,11H2,(H,23,24). The molecule has 0 atom stereocenters. The quantitative estimate of drug-likeness (QED) is 0.715. The van der Waals surface area contributed by atoms with E-state index in [1.807, 2.05) is 30.6 Å². The highest BCUT2D eigenvalue weighted by atomic mass is 19.4. The first-order chi connectivity index (χ1) is 11.5. The lowest BCUT2D eigenvalue weighted by Gasteiger charge is -2.09. The summed E-state index contributed by atoms with van der Waals surface area (Å²) < 4.78 is 37.5. The van der Waals surface area contributed by atoms with Gasteiger partial charge in [-0.15, -0.1) is 0 Å². The van der Waals surface area contributed by atoms with Crippen LogP contribution in [0.4, 0.5) is 19.0 Å². The summed E-state index contributed by atoms with van der Waals surface area (Å²) in [7, 11) is 0. The number of hydrogen-bond acceptors (Lipinski definition) is 2. The van der Waals surface area contributed by atoms with Crippen LogP contribution in [0.5, 0.6) is 0 Å². The molecule has 1 aromatic carbocycles. The third kappa shape index (κ3) is 4.16. The van der Waals surface area contributed by atoms with Crippen LogP contribution in [0.2, 0.25) is 0 Å². The van der Waals surface area contributed by atoms with E-state index in [1.165, 1.54) is 17.7 Å². The van der Waals surface area contributed by atoms with Gasteiger partial charge in [-0.25, -0.2) is 4.98 Å². The summed E-state index contributed by atoms with van der Waals surface area (Å²) in [4.78, 5) is 7.34. The van der Waals surface area contributed by atoms with Crippen LogP contribution in [0.25, 0.3) is 0 Å². The first-order valence-electron chi connectivity index (χ1n) is 7.47. The van der Waals surface area contributed by atoms with Crippen LogP contribution in [0.1, 0.15) is 22.3 Å². The number of aromatic amines is 1. The monoisotopic (exact) mass is 331 g/mol. The number of anilines is 1. The third-order valence-corrected chi connectivity index (χ3v) is 3.65. The molecule has 0 aliphatic heterocycles. The molecule has 2 N–H and O–H groups in total. The average molecular weight is 331 g/mol. The van der Waals surface area contributed by atoms with E-state index in [9.17, 15) is 13.2 Å². The van der Waals surface area contributed by atoms with Gasteiger partial charge in [0.25, 0.3) is 0 Å². The fraction of sp³-hybridized carbons (Fsp3) is 0.167. The van der Waals surface area contributed by atoms with Crippen molar-refractivity contribution in [2.24, 2.45) is 0 Å². The number of aromatic nitrogens is 2. The van der Waals surface area contributed by atoms with E-state index in [0.29, 0.717) is 12.4 Å². The molecule has 3 aromatic rings. The summed E-state index contributed by atoms with van der Waals surface area (Å²) in [6, 6.07) is 11.0. The molecular weight excluding hydrogens is 315 g/mol. The molecule has 0 saturated heterocycles. The number of pyridine rings is 1. The SMILES string of the molecule is FC(F)(F)c1ccc(CNc2ccc(Cc3cc[nH]c3)cn2)cc1. The first-order valence-corrected chi connectivity index (χ1v) is 7.47. The smallest absolute Gasteiger partial charge is 0.367 e. The molecule has 0 fully saturated rings. The summed E-state index contributed by atoms with van der Waals surface area (Å²) in [6.45, 7) is 0.419. The number of halogens is 3. The van der Waals surface area contributed by atoms with Crippen molar-refractivity contribution in [3.05, 3.63) is 83.3 Å². The molecule has 0 aliphatic carbocycles. The predicted molar refractivity (Wildman–Crippen MR) is 86.6 cm³/mol. The molecule has 0 unspecified atom stereocenters. The van der Waals surface area contributed by atoms with Crippen LogP contribution in [0.15, 0.2) is 61.1 Å². The highest BCUT2D eigenvalue weighted by Crippen LogP contribution is 2.29. The topological polar surface area (TPSA) is 40.7 Å². The lowest BCUT2D eigenvalue weighted by molar-refractivity contribution is -0.137. The van der Waals surface area contributed by atoms with Gasteiger partial charge in [-0.3, -0.25) is 0 Å². The minimum Gasteiger partial charge on any atom is -0.367 e. The van der Waals surface area contributed by atoms with Crippen molar-refractivity contribution in [2.45, 2.75) is 19.1 Å². The van der Waals surface area contributed by atoms with Crippen LogP contribution < -0.4 is 5.32 Å². The molecule has 6 heteroatoms. The van der Waals surface area contributed by atoms with Crippen molar-refractivity contribution in [1.82, 2.24) is 9.97 Å². The van der Waals surface area contributed by atoms with Crippen molar-refractivity contribution in [2.75, 3.05) is 5.32 Å². The average Bonchev–Trinajstić information content (AvgIpc) is 3.07. The number of alkyl halides is 3. The zero-order valence-corrected chi connectivity index (χ0v) is 12.8. The van der Waals surface area contributed by atoms with Gasteiger partial charge in [-0.2, -0.15) is 13.2 Å². The molecule has 2 aromatic heterocycles. The van der Waals surface area contributed by atoms with E-state index in [-0.39, 0.29) is 0 Å². The maximum atomic E-state index is 12.5. The van der Waals surface area contributed by atoms with E-state index in [0.717, 1.165) is 29.7 Å². The Labute approximate surface area is 137 Å². The van der Waals surface area contributed by atoms with Gasteiger partial charge in [0.1, 0.15) is 5.82 Å². The number of H-pyrrole nitrogens is 1. The molecule has 0 aliphatic rings. The number of rotatable bonds is 5. The lowest BCUT2D eigenvalue weighted by Crippen LogP contribution is -2.06. The molecule has 24 heavy (non-hydrogen) atoms. The predicted octanol–water partition coefficient (Wildman–Crippen LogP) is 4.63. The Morgan fingerprint density at radius 3 is 2.25 bits per heavy atom. The van der Waals surface area contributed by atoms with E-state index in [4.69, 9.17) is 0 Å². The van der Waals surface area contributed by atoms with Crippen LogP contribution in [-0.4, -0.2) is 9.97 Å². The molecule has 2 heterocycles. The molecule has 3 rings (SSSR count). The molecule has 0 radical (unpaired) electrons. The van der Waals surface area contributed by atoms with Gasteiger partial charge in [0.05, 0.1) is 5.56 Å². The maximum Gasteiger partial charge on any atom is 0.416 e. The highest BCUT2D eigenvalue weighted by molar-refractivity contribution is 5.38. The van der Waals surface area contributed by atoms with E-state index in [1.54, 1.807) is 6.20 Å². The summed E-state index contributed by atoms with van der Waals surface area (Å²) in [5.41, 5.74) is 2.40. The van der Waals surface area contributed by atoms with Gasteiger partial charge in [0.2, 0.25) is 0 Å². The Balaban J connectivity index is 1.56. The van der Waals surface area contributed by atoms with Crippen LogP contribution >= 0.6 is 0 Å². The van der Waals surface area contributed by atoms with Crippen LogP contribution in [0, 0.1) is 0 Å². The van der Waals surface area contributed by atoms with Gasteiger partial charge in [-0.05, 0) is 41.0 Å². The number of nitrogens with one attached hydrogen (secondary N) is 2. The normalized spacial score (nSPS) is 11.5. The molecule has 0 bridgehead atoms. The molecule has 124 valence electrons. The van der Waals surface area contributed by atoms with Crippen molar-refractivity contribution < 1.29 is 13.2 Å². The van der Waals surface area contributed by atoms with Gasteiger partial charge in [0.15, 0.2) is 0 Å². The number of benzene rings is 1. The van der Waals surface area contributed by atoms with E-state index in [2.05, 4.69) is 15.3 Å².